The van der Waals surface area contributed by atoms with Gasteiger partial charge in [-0.3, -0.25) is 4.79 Å². The monoisotopic (exact) mass is 289 g/mol. The van der Waals surface area contributed by atoms with Crippen molar-refractivity contribution in [1.29, 1.82) is 0 Å². The van der Waals surface area contributed by atoms with E-state index in [1.165, 1.54) is 19.3 Å². The molecule has 21 heavy (non-hydrogen) atoms. The van der Waals surface area contributed by atoms with Gasteiger partial charge in [0.2, 0.25) is 0 Å². The second kappa shape index (κ2) is 7.43. The van der Waals surface area contributed by atoms with E-state index in [1.54, 1.807) is 6.20 Å². The highest BCUT2D eigenvalue weighted by atomic mass is 16.1. The number of hydrogen-bond donors (Lipinski definition) is 1. The number of pyridine rings is 1. The Morgan fingerprint density at radius 1 is 1.38 bits per heavy atom. The highest BCUT2D eigenvalue weighted by Crippen LogP contribution is 2.30. The van der Waals surface area contributed by atoms with E-state index in [1.807, 2.05) is 19.1 Å². The Morgan fingerprint density at radius 3 is 2.71 bits per heavy atom. The number of rotatable bonds is 6. The third kappa shape index (κ3) is 3.74. The molecule has 1 aliphatic rings. The van der Waals surface area contributed by atoms with Crippen LogP contribution in [0.5, 0.6) is 0 Å². The van der Waals surface area contributed by atoms with Crippen LogP contribution < -0.4 is 10.2 Å². The van der Waals surface area contributed by atoms with E-state index in [0.29, 0.717) is 12.1 Å². The molecule has 0 saturated carbocycles. The minimum atomic E-state index is -0.0483. The molecule has 1 aromatic rings. The molecule has 1 saturated heterocycles. The quantitative estimate of drug-likeness (QED) is 0.875. The molecule has 0 spiro atoms. The molecule has 116 valence electrons. The maximum absolute atomic E-state index is 11.7. The molecule has 1 amide bonds. The lowest BCUT2D eigenvalue weighted by atomic mass is 9.87. The molecule has 4 nitrogen and oxygen atoms in total. The smallest absolute Gasteiger partial charge is 0.252 e. The fourth-order valence-electron chi connectivity index (χ4n) is 3.31. The maximum atomic E-state index is 11.7. The van der Waals surface area contributed by atoms with Gasteiger partial charge >= 0.3 is 0 Å². The summed E-state index contributed by atoms with van der Waals surface area (Å²) in [5, 5.41) is 2.80. The summed E-state index contributed by atoms with van der Waals surface area (Å²) in [6.07, 6.45) is 5.47. The van der Waals surface area contributed by atoms with Crippen molar-refractivity contribution in [3.63, 3.8) is 0 Å². The molecule has 1 N–H and O–H groups in total. The van der Waals surface area contributed by atoms with E-state index in [0.717, 1.165) is 30.7 Å². The van der Waals surface area contributed by atoms with Crippen LogP contribution in [0.25, 0.3) is 0 Å². The Bertz CT molecular complexity index is 454. The second-order valence-corrected chi connectivity index (χ2v) is 5.84. The molecule has 0 radical (unpaired) electrons. The fraction of sp³-hybridized carbons (Fsp3) is 0.647. The van der Waals surface area contributed by atoms with Gasteiger partial charge in [0.25, 0.3) is 5.91 Å². The Morgan fingerprint density at radius 2 is 2.14 bits per heavy atom. The van der Waals surface area contributed by atoms with Gasteiger partial charge in [-0.25, -0.2) is 4.98 Å². The number of nitrogens with zero attached hydrogens (tertiary/aromatic N) is 2. The van der Waals surface area contributed by atoms with Gasteiger partial charge in [0.15, 0.2) is 0 Å². The van der Waals surface area contributed by atoms with E-state index in [9.17, 15) is 4.79 Å². The van der Waals surface area contributed by atoms with Crippen molar-refractivity contribution in [2.75, 3.05) is 24.5 Å². The van der Waals surface area contributed by atoms with Crippen molar-refractivity contribution in [3.05, 3.63) is 23.9 Å². The molecule has 2 heterocycles. The summed E-state index contributed by atoms with van der Waals surface area (Å²) in [6.45, 7) is 9.31. The topological polar surface area (TPSA) is 45.2 Å². The maximum Gasteiger partial charge on any atom is 0.252 e. The van der Waals surface area contributed by atoms with Crippen molar-refractivity contribution < 1.29 is 4.79 Å². The van der Waals surface area contributed by atoms with Crippen molar-refractivity contribution in [2.45, 2.75) is 40.0 Å². The Labute approximate surface area is 127 Å². The summed E-state index contributed by atoms with van der Waals surface area (Å²) in [5.41, 5.74) is 0.635. The number of carbonyl (C=O) groups excluding carboxylic acids is 1. The predicted octanol–water partition coefficient (Wildman–Crippen LogP) is 3.09. The average Bonchev–Trinajstić information content (AvgIpc) is 2.99. The Hall–Kier alpha value is -1.58. The predicted molar refractivity (Wildman–Crippen MR) is 86.6 cm³/mol. The molecular weight excluding hydrogens is 262 g/mol. The van der Waals surface area contributed by atoms with Crippen molar-refractivity contribution in [1.82, 2.24) is 10.3 Å². The lowest BCUT2D eigenvalue weighted by molar-refractivity contribution is 0.0955. The fourth-order valence-corrected chi connectivity index (χ4v) is 3.31. The minimum absolute atomic E-state index is 0.0483. The summed E-state index contributed by atoms with van der Waals surface area (Å²) in [6, 6.07) is 3.84. The van der Waals surface area contributed by atoms with Crippen LogP contribution in [-0.4, -0.2) is 30.5 Å². The molecule has 4 heteroatoms. The normalized spacial score (nSPS) is 18.3. The lowest BCUT2D eigenvalue weighted by Gasteiger charge is -2.22. The van der Waals surface area contributed by atoms with E-state index >= 15 is 0 Å². The van der Waals surface area contributed by atoms with E-state index in [2.05, 4.69) is 29.0 Å². The number of carbonyl (C=O) groups is 1. The van der Waals surface area contributed by atoms with Crippen LogP contribution >= 0.6 is 0 Å². The highest BCUT2D eigenvalue weighted by molar-refractivity contribution is 5.93. The Kier molecular flexibility index (Phi) is 5.59. The van der Waals surface area contributed by atoms with Crippen LogP contribution in [0.15, 0.2) is 18.3 Å². The van der Waals surface area contributed by atoms with Crippen LogP contribution in [0.2, 0.25) is 0 Å². The van der Waals surface area contributed by atoms with Crippen LogP contribution in [0, 0.1) is 11.8 Å². The van der Waals surface area contributed by atoms with Crippen LogP contribution in [0.1, 0.15) is 50.4 Å². The molecular formula is C17H27N3O. The summed E-state index contributed by atoms with van der Waals surface area (Å²) >= 11 is 0. The number of anilines is 1. The van der Waals surface area contributed by atoms with Gasteiger partial charge in [0.05, 0.1) is 5.56 Å². The standard InChI is InChI=1S/C17H27N3O/c1-4-13(5-2)15-9-10-20(12-15)16-8-7-14(11-19-16)17(21)18-6-3/h7-8,11,13,15H,4-6,9-10,12H2,1-3H3,(H,18,21). The third-order valence-corrected chi connectivity index (χ3v) is 4.61. The first-order valence-corrected chi connectivity index (χ1v) is 8.18. The van der Waals surface area contributed by atoms with Crippen molar-refractivity contribution in [3.8, 4) is 0 Å². The summed E-state index contributed by atoms with van der Waals surface area (Å²) in [7, 11) is 0. The summed E-state index contributed by atoms with van der Waals surface area (Å²) in [5.74, 6) is 2.55. The molecule has 1 aliphatic heterocycles. The van der Waals surface area contributed by atoms with Crippen molar-refractivity contribution >= 4 is 11.7 Å². The average molecular weight is 289 g/mol. The summed E-state index contributed by atoms with van der Waals surface area (Å²) < 4.78 is 0. The molecule has 1 aromatic heterocycles. The van der Waals surface area contributed by atoms with Gasteiger partial charge in [0, 0.05) is 25.8 Å². The van der Waals surface area contributed by atoms with E-state index < -0.39 is 0 Å². The van der Waals surface area contributed by atoms with Crippen LogP contribution in [-0.2, 0) is 0 Å². The molecule has 0 aliphatic carbocycles. The van der Waals surface area contributed by atoms with Gasteiger partial charge in [-0.05, 0) is 37.3 Å². The Balaban J connectivity index is 1.99. The molecule has 1 atom stereocenters. The van der Waals surface area contributed by atoms with E-state index in [4.69, 9.17) is 0 Å². The SMILES string of the molecule is CCNC(=O)c1ccc(N2CCC(C(CC)CC)C2)nc1. The molecule has 0 aromatic carbocycles. The molecule has 1 unspecified atom stereocenters. The van der Waals surface area contributed by atoms with Crippen molar-refractivity contribution in [2.24, 2.45) is 11.8 Å². The van der Waals surface area contributed by atoms with Gasteiger partial charge in [0.1, 0.15) is 5.82 Å². The molecule has 0 bridgehead atoms. The zero-order valence-electron chi connectivity index (χ0n) is 13.4. The number of hydrogen-bond acceptors (Lipinski definition) is 3. The minimum Gasteiger partial charge on any atom is -0.356 e. The van der Waals surface area contributed by atoms with Gasteiger partial charge < -0.3 is 10.2 Å². The van der Waals surface area contributed by atoms with Gasteiger partial charge in [-0.15, -0.1) is 0 Å². The number of amides is 1. The van der Waals surface area contributed by atoms with Gasteiger partial charge in [-0.2, -0.15) is 0 Å². The number of nitrogens with one attached hydrogen (secondary N) is 1. The first-order chi connectivity index (χ1) is 10.2. The largest absolute Gasteiger partial charge is 0.356 e. The van der Waals surface area contributed by atoms with Crippen LogP contribution in [0.3, 0.4) is 0 Å². The first kappa shape index (κ1) is 15.8. The first-order valence-electron chi connectivity index (χ1n) is 8.18. The van der Waals surface area contributed by atoms with E-state index in [-0.39, 0.29) is 5.91 Å². The molecule has 1 fully saturated rings. The summed E-state index contributed by atoms with van der Waals surface area (Å²) in [4.78, 5) is 18.6. The highest BCUT2D eigenvalue weighted by Gasteiger charge is 2.28. The lowest BCUT2D eigenvalue weighted by Crippen LogP contribution is -2.25. The zero-order chi connectivity index (χ0) is 15.2. The zero-order valence-corrected chi connectivity index (χ0v) is 13.4. The molecule has 2 rings (SSSR count). The third-order valence-electron chi connectivity index (χ3n) is 4.61. The van der Waals surface area contributed by atoms with Crippen LogP contribution in [0.4, 0.5) is 5.82 Å². The number of aromatic nitrogens is 1. The van der Waals surface area contributed by atoms with Gasteiger partial charge in [-0.1, -0.05) is 26.7 Å². The second-order valence-electron chi connectivity index (χ2n) is 5.84.